The van der Waals surface area contributed by atoms with E-state index in [2.05, 4.69) is 22.8 Å². The molecule has 2 amide bonds. The molecule has 0 saturated carbocycles. The van der Waals surface area contributed by atoms with Crippen LogP contribution in [0.15, 0.2) is 12.2 Å². The van der Waals surface area contributed by atoms with Gasteiger partial charge in [-0.3, -0.25) is 4.79 Å². The summed E-state index contributed by atoms with van der Waals surface area (Å²) >= 11 is 0. The van der Waals surface area contributed by atoms with Gasteiger partial charge in [0.25, 0.3) is 0 Å². The van der Waals surface area contributed by atoms with Crippen LogP contribution in [0.5, 0.6) is 0 Å². The number of hydrogen-bond acceptors (Lipinski definition) is 3. The van der Waals surface area contributed by atoms with Gasteiger partial charge in [0.15, 0.2) is 0 Å². The predicted octanol–water partition coefficient (Wildman–Crippen LogP) is 0.960. The first-order valence-corrected chi connectivity index (χ1v) is 6.63. The van der Waals surface area contributed by atoms with Crippen LogP contribution >= 0.6 is 0 Å². The number of aliphatic carboxylic acids is 2. The van der Waals surface area contributed by atoms with Crippen molar-refractivity contribution in [3.05, 3.63) is 12.2 Å². The Labute approximate surface area is 117 Å². The maximum absolute atomic E-state index is 11.6. The van der Waals surface area contributed by atoms with E-state index in [4.69, 9.17) is 10.2 Å². The van der Waals surface area contributed by atoms with Crippen molar-refractivity contribution in [3.63, 3.8) is 0 Å². The van der Waals surface area contributed by atoms with Gasteiger partial charge in [-0.25, -0.2) is 9.59 Å². The van der Waals surface area contributed by atoms with E-state index < -0.39 is 24.0 Å². The third-order valence-electron chi connectivity index (χ3n) is 3.18. The Hall–Kier alpha value is -2.05. The van der Waals surface area contributed by atoms with Crippen molar-refractivity contribution in [1.82, 2.24) is 10.6 Å². The molecule has 0 aromatic carbocycles. The van der Waals surface area contributed by atoms with Crippen LogP contribution in [0.25, 0.3) is 0 Å². The van der Waals surface area contributed by atoms with Crippen molar-refractivity contribution in [3.8, 4) is 0 Å². The number of rotatable bonds is 7. The highest BCUT2D eigenvalue weighted by Gasteiger charge is 2.21. The Morgan fingerprint density at radius 1 is 1.25 bits per heavy atom. The van der Waals surface area contributed by atoms with Gasteiger partial charge in [-0.2, -0.15) is 0 Å². The van der Waals surface area contributed by atoms with Crippen LogP contribution in [-0.4, -0.2) is 40.8 Å². The maximum atomic E-state index is 11.6. The Morgan fingerprint density at radius 2 is 2.00 bits per heavy atom. The molecule has 4 N–H and O–H groups in total. The molecule has 2 atom stereocenters. The van der Waals surface area contributed by atoms with Gasteiger partial charge in [-0.1, -0.05) is 12.2 Å². The first kappa shape index (κ1) is 16.0. The lowest BCUT2D eigenvalue weighted by Crippen LogP contribution is -2.47. The van der Waals surface area contributed by atoms with E-state index in [9.17, 15) is 14.4 Å². The molecule has 7 nitrogen and oxygen atoms in total. The predicted molar refractivity (Wildman–Crippen MR) is 71.3 cm³/mol. The van der Waals surface area contributed by atoms with Gasteiger partial charge in [-0.05, 0) is 31.6 Å². The average Bonchev–Trinajstić information content (AvgIpc) is 2.41. The Morgan fingerprint density at radius 3 is 2.55 bits per heavy atom. The molecule has 20 heavy (non-hydrogen) atoms. The number of carboxylic acid groups (broad SMARTS) is 2. The molecule has 0 heterocycles. The molecule has 0 saturated heterocycles. The van der Waals surface area contributed by atoms with Gasteiger partial charge in [-0.15, -0.1) is 0 Å². The summed E-state index contributed by atoms with van der Waals surface area (Å²) in [4.78, 5) is 32.9. The van der Waals surface area contributed by atoms with E-state index in [0.29, 0.717) is 12.5 Å². The van der Waals surface area contributed by atoms with Crippen molar-refractivity contribution in [2.45, 2.75) is 38.1 Å². The number of amides is 2. The SMILES string of the molecule is O=C(O)CCC(NC(=O)NCC1CC=CCC1)C(=O)O. The molecule has 1 aliphatic rings. The number of nitrogens with one attached hydrogen (secondary N) is 2. The van der Waals surface area contributed by atoms with Gasteiger partial charge in [0.1, 0.15) is 6.04 Å². The van der Waals surface area contributed by atoms with E-state index >= 15 is 0 Å². The fourth-order valence-corrected chi connectivity index (χ4v) is 2.01. The molecule has 0 aromatic heterocycles. The van der Waals surface area contributed by atoms with Crippen molar-refractivity contribution in [1.29, 1.82) is 0 Å². The monoisotopic (exact) mass is 284 g/mol. The number of urea groups is 1. The summed E-state index contributed by atoms with van der Waals surface area (Å²) in [5.41, 5.74) is 0. The third-order valence-corrected chi connectivity index (χ3v) is 3.18. The molecule has 0 fully saturated rings. The molecular formula is C13H20N2O5. The van der Waals surface area contributed by atoms with Crippen LogP contribution in [0.4, 0.5) is 4.79 Å². The van der Waals surface area contributed by atoms with Gasteiger partial charge in [0.05, 0.1) is 0 Å². The van der Waals surface area contributed by atoms with Gasteiger partial charge in [0, 0.05) is 13.0 Å². The second kappa shape index (κ2) is 8.19. The smallest absolute Gasteiger partial charge is 0.326 e. The maximum Gasteiger partial charge on any atom is 0.326 e. The summed E-state index contributed by atoms with van der Waals surface area (Å²) in [7, 11) is 0. The van der Waals surface area contributed by atoms with Crippen molar-refractivity contribution in [2.24, 2.45) is 5.92 Å². The fourth-order valence-electron chi connectivity index (χ4n) is 2.01. The number of carbonyl (C=O) groups excluding carboxylic acids is 1. The van der Waals surface area contributed by atoms with Crippen molar-refractivity contribution >= 4 is 18.0 Å². The van der Waals surface area contributed by atoms with Gasteiger partial charge in [0.2, 0.25) is 0 Å². The zero-order chi connectivity index (χ0) is 15.0. The standard InChI is InChI=1S/C13H20N2O5/c16-11(17)7-6-10(12(18)19)15-13(20)14-8-9-4-2-1-3-5-9/h1-2,9-10H,3-8H2,(H,16,17)(H,18,19)(H2,14,15,20). The summed E-state index contributed by atoms with van der Waals surface area (Å²) in [6.07, 6.45) is 6.63. The lowest BCUT2D eigenvalue weighted by atomic mass is 9.94. The first-order chi connectivity index (χ1) is 9.49. The average molecular weight is 284 g/mol. The molecule has 0 radical (unpaired) electrons. The summed E-state index contributed by atoms with van der Waals surface area (Å²) in [6.45, 7) is 0.488. The normalized spacial score (nSPS) is 19.1. The highest BCUT2D eigenvalue weighted by atomic mass is 16.4. The number of carbonyl (C=O) groups is 3. The minimum atomic E-state index is -1.23. The van der Waals surface area contributed by atoms with Crippen LogP contribution in [0.2, 0.25) is 0 Å². The number of carboxylic acids is 2. The van der Waals surface area contributed by atoms with Crippen LogP contribution in [0.3, 0.4) is 0 Å². The lowest BCUT2D eigenvalue weighted by molar-refractivity contribution is -0.140. The molecule has 0 aliphatic heterocycles. The number of allylic oxidation sites excluding steroid dienone is 2. The second-order valence-corrected chi connectivity index (χ2v) is 4.83. The Bertz CT molecular complexity index is 394. The van der Waals surface area contributed by atoms with E-state index in [1.165, 1.54) is 0 Å². The summed E-state index contributed by atoms with van der Waals surface area (Å²) in [5, 5.41) is 22.3. The molecule has 7 heteroatoms. The van der Waals surface area contributed by atoms with Gasteiger partial charge < -0.3 is 20.8 Å². The molecule has 0 bridgehead atoms. The van der Waals surface area contributed by atoms with E-state index in [-0.39, 0.29) is 12.8 Å². The largest absolute Gasteiger partial charge is 0.481 e. The van der Waals surface area contributed by atoms with E-state index in [1.807, 2.05) is 0 Å². The summed E-state index contributed by atoms with van der Waals surface area (Å²) in [5.74, 6) is -1.96. The highest BCUT2D eigenvalue weighted by molar-refractivity contribution is 5.82. The summed E-state index contributed by atoms with van der Waals surface area (Å²) in [6, 6.07) is -1.75. The highest BCUT2D eigenvalue weighted by Crippen LogP contribution is 2.16. The van der Waals surface area contributed by atoms with Crippen LogP contribution < -0.4 is 10.6 Å². The van der Waals surface area contributed by atoms with E-state index in [0.717, 1.165) is 19.3 Å². The van der Waals surface area contributed by atoms with Gasteiger partial charge >= 0.3 is 18.0 Å². The van der Waals surface area contributed by atoms with Crippen LogP contribution in [0.1, 0.15) is 32.1 Å². The van der Waals surface area contributed by atoms with Crippen LogP contribution in [-0.2, 0) is 9.59 Å². The molecule has 1 rings (SSSR count). The first-order valence-electron chi connectivity index (χ1n) is 6.63. The molecular weight excluding hydrogens is 264 g/mol. The zero-order valence-electron chi connectivity index (χ0n) is 11.2. The fraction of sp³-hybridized carbons (Fsp3) is 0.615. The lowest BCUT2D eigenvalue weighted by Gasteiger charge is -2.19. The van der Waals surface area contributed by atoms with Crippen molar-refractivity contribution in [2.75, 3.05) is 6.54 Å². The topological polar surface area (TPSA) is 116 Å². The molecule has 0 spiro atoms. The van der Waals surface area contributed by atoms with Crippen molar-refractivity contribution < 1.29 is 24.6 Å². The Kier molecular flexibility index (Phi) is 6.55. The molecule has 112 valence electrons. The quantitative estimate of drug-likeness (QED) is 0.520. The van der Waals surface area contributed by atoms with E-state index in [1.54, 1.807) is 0 Å². The molecule has 0 aromatic rings. The summed E-state index contributed by atoms with van der Waals surface area (Å²) < 4.78 is 0. The zero-order valence-corrected chi connectivity index (χ0v) is 11.2. The third kappa shape index (κ3) is 6.21. The molecule has 2 unspecified atom stereocenters. The Balaban J connectivity index is 2.31. The molecule has 1 aliphatic carbocycles. The minimum Gasteiger partial charge on any atom is -0.481 e. The number of hydrogen-bond donors (Lipinski definition) is 4. The minimum absolute atomic E-state index is 0.135. The second-order valence-electron chi connectivity index (χ2n) is 4.83. The van der Waals surface area contributed by atoms with Crippen LogP contribution in [0, 0.1) is 5.92 Å².